The second-order valence-electron chi connectivity index (χ2n) is 7.16. The number of carbonyl (C=O) groups is 1. The van der Waals surface area contributed by atoms with Gasteiger partial charge in [-0.15, -0.1) is 0 Å². The summed E-state index contributed by atoms with van der Waals surface area (Å²) in [7, 11) is 0. The maximum absolute atomic E-state index is 12.6. The zero-order valence-electron chi connectivity index (χ0n) is 17.4. The van der Waals surface area contributed by atoms with Crippen molar-refractivity contribution >= 4 is 12.0 Å². The summed E-state index contributed by atoms with van der Waals surface area (Å²) < 4.78 is 3.70. The number of nitrogens with zero attached hydrogens (tertiary/aromatic N) is 5. The van der Waals surface area contributed by atoms with Gasteiger partial charge in [0, 0.05) is 42.8 Å². The zero-order chi connectivity index (χ0) is 22.2. The van der Waals surface area contributed by atoms with Crippen LogP contribution in [0.3, 0.4) is 0 Å². The second-order valence-corrected chi connectivity index (χ2v) is 7.16. The van der Waals surface area contributed by atoms with Gasteiger partial charge in [-0.25, -0.2) is 9.67 Å². The monoisotopic (exact) mass is 422 g/mol. The first kappa shape index (κ1) is 20.8. The molecule has 32 heavy (non-hydrogen) atoms. The van der Waals surface area contributed by atoms with Gasteiger partial charge in [0.1, 0.15) is 11.6 Å². The fourth-order valence-corrected chi connectivity index (χ4v) is 3.31. The fourth-order valence-electron chi connectivity index (χ4n) is 3.31. The Morgan fingerprint density at radius 3 is 2.53 bits per heavy atom. The van der Waals surface area contributed by atoms with Crippen molar-refractivity contribution in [2.75, 3.05) is 6.54 Å². The summed E-state index contributed by atoms with van der Waals surface area (Å²) in [6.45, 7) is 1.21. The molecule has 2 aromatic carbocycles. The summed E-state index contributed by atoms with van der Waals surface area (Å²) in [5.41, 5.74) is 3.25. The van der Waals surface area contributed by atoms with E-state index in [1.165, 1.54) is 0 Å². The van der Waals surface area contributed by atoms with Crippen LogP contribution < -0.4 is 5.32 Å². The van der Waals surface area contributed by atoms with E-state index < -0.39 is 5.91 Å². The largest absolute Gasteiger partial charge is 0.351 e. The van der Waals surface area contributed by atoms with Crippen molar-refractivity contribution in [3.63, 3.8) is 0 Å². The van der Waals surface area contributed by atoms with Gasteiger partial charge >= 0.3 is 0 Å². The second kappa shape index (κ2) is 10.0. The van der Waals surface area contributed by atoms with E-state index in [1.807, 2.05) is 83.7 Å². The van der Waals surface area contributed by atoms with Crippen molar-refractivity contribution < 1.29 is 4.79 Å². The lowest BCUT2D eigenvalue weighted by atomic mass is 10.1. The predicted octanol–water partition coefficient (Wildman–Crippen LogP) is 3.85. The van der Waals surface area contributed by atoms with Crippen LogP contribution in [0.1, 0.15) is 12.0 Å². The molecule has 0 aliphatic heterocycles. The molecule has 0 fully saturated rings. The van der Waals surface area contributed by atoms with Gasteiger partial charge in [0.25, 0.3) is 5.91 Å². The Kier molecular flexibility index (Phi) is 6.54. The molecule has 1 N–H and O–H groups in total. The molecule has 7 nitrogen and oxygen atoms in total. The quantitative estimate of drug-likeness (QED) is 0.265. The maximum Gasteiger partial charge on any atom is 0.261 e. The number of amides is 1. The molecule has 0 saturated carbocycles. The summed E-state index contributed by atoms with van der Waals surface area (Å²) in [5.74, 6) is -0.399. The van der Waals surface area contributed by atoms with E-state index in [4.69, 9.17) is 5.10 Å². The molecule has 2 aromatic heterocycles. The van der Waals surface area contributed by atoms with Gasteiger partial charge < -0.3 is 9.88 Å². The molecule has 4 rings (SSSR count). The number of imidazole rings is 1. The third-order valence-electron chi connectivity index (χ3n) is 4.91. The van der Waals surface area contributed by atoms with E-state index in [1.54, 1.807) is 23.3 Å². The Morgan fingerprint density at radius 2 is 1.84 bits per heavy atom. The lowest BCUT2D eigenvalue weighted by Crippen LogP contribution is -2.26. The van der Waals surface area contributed by atoms with Crippen LogP contribution >= 0.6 is 0 Å². The van der Waals surface area contributed by atoms with Gasteiger partial charge in [-0.05, 0) is 24.6 Å². The smallest absolute Gasteiger partial charge is 0.261 e. The highest BCUT2D eigenvalue weighted by molar-refractivity contribution is 6.02. The van der Waals surface area contributed by atoms with Crippen LogP contribution in [0.5, 0.6) is 0 Å². The molecule has 0 spiro atoms. The van der Waals surface area contributed by atoms with E-state index in [2.05, 4.69) is 10.3 Å². The predicted molar refractivity (Wildman–Crippen MR) is 122 cm³/mol. The number of hydrogen-bond donors (Lipinski definition) is 1. The Hall–Kier alpha value is -4.44. The number of aromatic nitrogens is 4. The molecular weight excluding hydrogens is 400 g/mol. The van der Waals surface area contributed by atoms with Gasteiger partial charge in [0.2, 0.25) is 0 Å². The van der Waals surface area contributed by atoms with Crippen LogP contribution in [0.2, 0.25) is 0 Å². The number of para-hydroxylation sites is 1. The molecule has 2 heterocycles. The van der Waals surface area contributed by atoms with Crippen molar-refractivity contribution in [2.24, 2.45) is 0 Å². The van der Waals surface area contributed by atoms with Crippen molar-refractivity contribution in [1.82, 2.24) is 24.6 Å². The molecule has 0 radical (unpaired) electrons. The van der Waals surface area contributed by atoms with Crippen molar-refractivity contribution in [3.05, 3.63) is 96.7 Å². The van der Waals surface area contributed by atoms with Crippen LogP contribution in [0.15, 0.2) is 91.2 Å². The highest BCUT2D eigenvalue weighted by Gasteiger charge is 2.14. The lowest BCUT2D eigenvalue weighted by Gasteiger charge is -2.05. The van der Waals surface area contributed by atoms with Gasteiger partial charge in [-0.2, -0.15) is 10.4 Å². The number of carbonyl (C=O) groups excluding carboxylic acids is 1. The standard InChI is InChI=1S/C25H22N6O/c26-17-21(25(32)28-12-7-14-30-15-13-27-19-30)16-22-18-31(23-10-5-2-6-11-23)29-24(22)20-8-3-1-4-9-20/h1-6,8-11,13,15-16,18-19H,7,12,14H2,(H,28,32). The minimum absolute atomic E-state index is 0.0393. The Labute approximate surface area is 186 Å². The topological polar surface area (TPSA) is 88.5 Å². The third-order valence-corrected chi connectivity index (χ3v) is 4.91. The average Bonchev–Trinajstić information content (AvgIpc) is 3.51. The first-order valence-corrected chi connectivity index (χ1v) is 10.3. The normalized spacial score (nSPS) is 11.2. The van der Waals surface area contributed by atoms with Gasteiger partial charge in [0.15, 0.2) is 0 Å². The molecule has 0 unspecified atom stereocenters. The zero-order valence-corrected chi connectivity index (χ0v) is 17.4. The molecule has 0 saturated heterocycles. The van der Waals surface area contributed by atoms with E-state index >= 15 is 0 Å². The number of hydrogen-bond acceptors (Lipinski definition) is 4. The maximum atomic E-state index is 12.6. The number of nitrogens with one attached hydrogen (secondary N) is 1. The highest BCUT2D eigenvalue weighted by atomic mass is 16.1. The summed E-state index contributed by atoms with van der Waals surface area (Å²) in [5, 5.41) is 17.2. The Bertz CT molecular complexity index is 1230. The van der Waals surface area contributed by atoms with Crippen LogP contribution in [-0.2, 0) is 11.3 Å². The van der Waals surface area contributed by atoms with Gasteiger partial charge in [0.05, 0.1) is 17.7 Å². The highest BCUT2D eigenvalue weighted by Crippen LogP contribution is 2.25. The van der Waals surface area contributed by atoms with Crippen LogP contribution in [0.4, 0.5) is 0 Å². The molecule has 158 valence electrons. The Balaban J connectivity index is 1.56. The molecular formula is C25H22N6O. The van der Waals surface area contributed by atoms with Crippen LogP contribution in [0, 0.1) is 11.3 Å². The van der Waals surface area contributed by atoms with E-state index in [9.17, 15) is 10.1 Å². The average molecular weight is 422 g/mol. The van der Waals surface area contributed by atoms with Crippen LogP contribution in [0.25, 0.3) is 23.0 Å². The molecule has 0 atom stereocenters. The molecule has 7 heteroatoms. The SMILES string of the molecule is N#CC(=Cc1cn(-c2ccccc2)nc1-c1ccccc1)C(=O)NCCCn1ccnc1. The number of rotatable bonds is 8. The van der Waals surface area contributed by atoms with Gasteiger partial charge in [-0.3, -0.25) is 4.79 Å². The van der Waals surface area contributed by atoms with Crippen molar-refractivity contribution in [2.45, 2.75) is 13.0 Å². The third kappa shape index (κ3) is 4.99. The van der Waals surface area contributed by atoms with E-state index in [-0.39, 0.29) is 5.57 Å². The lowest BCUT2D eigenvalue weighted by molar-refractivity contribution is -0.117. The Morgan fingerprint density at radius 1 is 1.09 bits per heavy atom. The first-order valence-electron chi connectivity index (χ1n) is 10.3. The number of aryl methyl sites for hydroxylation is 1. The summed E-state index contributed by atoms with van der Waals surface area (Å²) >= 11 is 0. The minimum Gasteiger partial charge on any atom is -0.351 e. The van der Waals surface area contributed by atoms with Crippen LogP contribution in [-0.4, -0.2) is 31.8 Å². The van der Waals surface area contributed by atoms with Crippen molar-refractivity contribution in [3.8, 4) is 23.0 Å². The molecule has 1 amide bonds. The summed E-state index contributed by atoms with van der Waals surface area (Å²) in [4.78, 5) is 16.6. The fraction of sp³-hybridized carbons (Fsp3) is 0.120. The summed E-state index contributed by atoms with van der Waals surface area (Å²) in [6.07, 6.45) is 9.49. The molecule has 0 aliphatic rings. The molecule has 0 aliphatic carbocycles. The number of benzene rings is 2. The summed E-state index contributed by atoms with van der Waals surface area (Å²) in [6, 6.07) is 21.5. The molecule has 0 bridgehead atoms. The first-order chi connectivity index (χ1) is 15.7. The minimum atomic E-state index is -0.399. The number of nitriles is 1. The van der Waals surface area contributed by atoms with Gasteiger partial charge in [-0.1, -0.05) is 48.5 Å². The van der Waals surface area contributed by atoms with E-state index in [0.29, 0.717) is 17.8 Å². The van der Waals surface area contributed by atoms with Crippen molar-refractivity contribution in [1.29, 1.82) is 5.26 Å². The van der Waals surface area contributed by atoms with E-state index in [0.717, 1.165) is 24.2 Å². The molecule has 4 aromatic rings.